The van der Waals surface area contributed by atoms with Crippen LogP contribution in [0.2, 0.25) is 0 Å². The van der Waals surface area contributed by atoms with Crippen molar-refractivity contribution >= 4 is 55.2 Å². The highest BCUT2D eigenvalue weighted by Gasteiger charge is 2.60. The van der Waals surface area contributed by atoms with Crippen molar-refractivity contribution in [2.45, 2.75) is 66.5 Å². The Kier molecular flexibility index (Phi) is 16.7. The van der Waals surface area contributed by atoms with E-state index in [2.05, 4.69) is 20.2 Å². The molecule has 4 aliphatic heterocycles. The number of piperazine rings is 2. The number of benzene rings is 2. The Balaban J connectivity index is 0.000000203. The average molecular weight is 1070 g/mol. The third-order valence-electron chi connectivity index (χ3n) is 13.4. The molecule has 2 aliphatic carbocycles. The number of nitrogens with one attached hydrogen (secondary N) is 1. The van der Waals surface area contributed by atoms with E-state index >= 15 is 0 Å². The topological polar surface area (TPSA) is 183 Å². The maximum atomic E-state index is 14.8. The van der Waals surface area contributed by atoms with E-state index in [-0.39, 0.29) is 105 Å². The molecule has 2 saturated heterocycles. The number of fused-ring (bicyclic) bond motifs is 2. The number of carbonyl (C=O) groups excluding carboxylic acids is 2. The Bertz CT molecular complexity index is 2930. The monoisotopic (exact) mass is 1070 g/mol. The SMILES string of the molecule is C.C.CC(=O)N1CCN(Cc2ccc(F)c(-c3ccc4c(n3)N(C)S(=O)(=O)N4CC3CC3(F)F)c2)CC1.CC(=O)N1CCNCC1.CN1c2nc(-c3cc(CO)ccc3F)ccc2N(CC2CC2(F)F)S1(=O)=O. The minimum atomic E-state index is -4.03. The summed E-state index contributed by atoms with van der Waals surface area (Å²) < 4.78 is 137. The van der Waals surface area contributed by atoms with Crippen LogP contribution >= 0.6 is 0 Å². The van der Waals surface area contributed by atoms with Crippen molar-refractivity contribution in [2.24, 2.45) is 11.8 Å². The standard InChI is InChI=1S/C23H26F3N5O3S.C17H16F3N3O3S.C6H12N2O.2CH4/c1-15(32)30-9-7-29(8-10-30)13-16-3-4-19(24)18(11-16)20-5-6-21-22(27-20)28(2)35(33,34)31(21)14-17-12-23(17,25)26;1-22-16-15(23(27(22,25)26)8-11-7-17(11,19)20)5-4-14(21-16)12-6-10(9-24)2-3-13(12)18;1-6(9)8-4-2-7-3-5-8;;/h3-6,11,17H,7-10,12-14H2,1-2H3;2-6,11,24H,7-9H2,1H3;7H,2-5H2,1H3;2*1H4. The maximum absolute atomic E-state index is 14.8. The summed E-state index contributed by atoms with van der Waals surface area (Å²) in [6, 6.07) is 14.7. The normalized spacial score (nSPS) is 21.6. The molecule has 0 spiro atoms. The third-order valence-corrected chi connectivity index (χ3v) is 16.9. The summed E-state index contributed by atoms with van der Waals surface area (Å²) >= 11 is 0. The van der Waals surface area contributed by atoms with Crippen LogP contribution in [-0.4, -0.2) is 150 Å². The lowest BCUT2D eigenvalue weighted by molar-refractivity contribution is -0.131. The molecular formula is C48H62F6N10O7S2. The molecule has 400 valence electrons. The fourth-order valence-electron chi connectivity index (χ4n) is 8.71. The van der Waals surface area contributed by atoms with E-state index in [1.165, 1.54) is 62.6 Å². The first-order chi connectivity index (χ1) is 33.4. The van der Waals surface area contributed by atoms with Crippen molar-refractivity contribution in [3.8, 4) is 22.5 Å². The van der Waals surface area contributed by atoms with Gasteiger partial charge < -0.3 is 20.2 Å². The number of pyridine rings is 2. The van der Waals surface area contributed by atoms with Crippen molar-refractivity contribution in [1.82, 2.24) is 30.0 Å². The Morgan fingerprint density at radius 2 is 1.04 bits per heavy atom. The van der Waals surface area contributed by atoms with Crippen LogP contribution in [-0.2, 0) is 43.2 Å². The number of aromatic nitrogens is 2. The van der Waals surface area contributed by atoms with E-state index in [0.717, 1.165) is 49.0 Å². The first kappa shape index (κ1) is 56.5. The van der Waals surface area contributed by atoms with Gasteiger partial charge >= 0.3 is 20.4 Å². The summed E-state index contributed by atoms with van der Waals surface area (Å²) in [6.07, 6.45) is -0.686. The zero-order valence-corrected chi connectivity index (χ0v) is 41.0. The Hall–Kier alpha value is -5.76. The van der Waals surface area contributed by atoms with E-state index in [9.17, 15) is 57.9 Å². The molecular weight excluding hydrogens is 1010 g/mol. The predicted octanol–water partition coefficient (Wildman–Crippen LogP) is 5.95. The fraction of sp³-hybridized carbons (Fsp3) is 0.500. The van der Waals surface area contributed by atoms with Gasteiger partial charge in [-0.05, 0) is 59.7 Å². The molecule has 2 aromatic heterocycles. The van der Waals surface area contributed by atoms with Gasteiger partial charge in [0.15, 0.2) is 11.6 Å². The number of aliphatic hydroxyl groups is 1. The van der Waals surface area contributed by atoms with Crippen LogP contribution in [0.15, 0.2) is 60.7 Å². The summed E-state index contributed by atoms with van der Waals surface area (Å²) in [5.74, 6) is -8.46. The molecule has 2 aromatic carbocycles. The molecule has 2 unspecified atom stereocenters. The van der Waals surface area contributed by atoms with Gasteiger partial charge in [0.2, 0.25) is 11.8 Å². The van der Waals surface area contributed by atoms with E-state index in [1.54, 1.807) is 30.9 Å². The van der Waals surface area contributed by atoms with E-state index < -0.39 is 55.7 Å². The van der Waals surface area contributed by atoms with Gasteiger partial charge in [-0.15, -0.1) is 0 Å². The number of halogens is 6. The van der Waals surface area contributed by atoms with Crippen LogP contribution < -0.4 is 22.5 Å². The highest BCUT2D eigenvalue weighted by molar-refractivity contribution is 7.95. The number of hydrogen-bond donors (Lipinski definition) is 2. The zero-order valence-electron chi connectivity index (χ0n) is 39.3. The minimum absolute atomic E-state index is 0. The van der Waals surface area contributed by atoms with Gasteiger partial charge in [-0.3, -0.25) is 14.5 Å². The molecule has 10 rings (SSSR count). The number of hydrogen-bond acceptors (Lipinski definition) is 11. The second-order valence-electron chi connectivity index (χ2n) is 18.2. The van der Waals surface area contributed by atoms with E-state index in [0.29, 0.717) is 38.3 Å². The van der Waals surface area contributed by atoms with E-state index in [4.69, 9.17) is 0 Å². The third kappa shape index (κ3) is 11.8. The highest BCUT2D eigenvalue weighted by Crippen LogP contribution is 2.53. The molecule has 2 amide bonds. The molecule has 2 N–H and O–H groups in total. The van der Waals surface area contributed by atoms with E-state index in [1.807, 2.05) is 4.90 Å². The number of carbonyl (C=O) groups is 2. The van der Waals surface area contributed by atoms with Crippen LogP contribution in [0.3, 0.4) is 0 Å². The summed E-state index contributed by atoms with van der Waals surface area (Å²) in [4.78, 5) is 36.7. The maximum Gasteiger partial charge on any atom is 0.327 e. The predicted molar refractivity (Wildman–Crippen MR) is 267 cm³/mol. The van der Waals surface area contributed by atoms with Crippen molar-refractivity contribution in [3.05, 3.63) is 83.4 Å². The number of rotatable bonds is 9. The molecule has 0 bridgehead atoms. The molecule has 2 saturated carbocycles. The van der Waals surface area contributed by atoms with Crippen LogP contribution in [0.5, 0.6) is 0 Å². The smallest absolute Gasteiger partial charge is 0.327 e. The molecule has 6 heterocycles. The van der Waals surface area contributed by atoms with Gasteiger partial charge in [0.25, 0.3) is 11.8 Å². The Morgan fingerprint density at radius 1 is 0.644 bits per heavy atom. The molecule has 17 nitrogen and oxygen atoms in total. The minimum Gasteiger partial charge on any atom is -0.392 e. The first-order valence-corrected chi connectivity index (χ1v) is 25.7. The molecule has 4 aromatic rings. The summed E-state index contributed by atoms with van der Waals surface area (Å²) in [5, 5.41) is 12.4. The lowest BCUT2D eigenvalue weighted by Crippen LogP contribution is -2.47. The average Bonchev–Trinajstić information content (AvgIpc) is 4.13. The highest BCUT2D eigenvalue weighted by atomic mass is 32.2. The summed E-state index contributed by atoms with van der Waals surface area (Å²) in [7, 11) is -5.47. The second-order valence-corrected chi connectivity index (χ2v) is 22.0. The van der Waals surface area contributed by atoms with Crippen LogP contribution in [0.25, 0.3) is 22.5 Å². The van der Waals surface area contributed by atoms with Crippen molar-refractivity contribution in [3.63, 3.8) is 0 Å². The number of alkyl halides is 4. The summed E-state index contributed by atoms with van der Waals surface area (Å²) in [5.41, 5.74) is 2.51. The van der Waals surface area contributed by atoms with Crippen LogP contribution in [0, 0.1) is 23.5 Å². The first-order valence-electron chi connectivity index (χ1n) is 22.9. The van der Waals surface area contributed by atoms with Gasteiger partial charge in [-0.1, -0.05) is 27.0 Å². The number of anilines is 4. The molecule has 73 heavy (non-hydrogen) atoms. The van der Waals surface area contributed by atoms with Crippen molar-refractivity contribution < 1.29 is 57.9 Å². The molecule has 25 heteroatoms. The van der Waals surface area contributed by atoms with Gasteiger partial charge in [-0.25, -0.2) is 53.5 Å². The molecule has 2 atom stereocenters. The Morgan fingerprint density at radius 3 is 1.42 bits per heavy atom. The molecule has 6 aliphatic rings. The lowest BCUT2D eigenvalue weighted by Gasteiger charge is -2.34. The fourth-order valence-corrected chi connectivity index (χ4v) is 11.5. The zero-order chi connectivity index (χ0) is 51.4. The van der Waals surface area contributed by atoms with Crippen LogP contribution in [0.1, 0.15) is 52.7 Å². The van der Waals surface area contributed by atoms with Gasteiger partial charge in [-0.2, -0.15) is 16.8 Å². The van der Waals surface area contributed by atoms with Gasteiger partial charge in [0.05, 0.1) is 29.4 Å². The van der Waals surface area contributed by atoms with Gasteiger partial charge in [0.1, 0.15) is 11.6 Å². The summed E-state index contributed by atoms with van der Waals surface area (Å²) in [6.45, 7) is 9.13. The lowest BCUT2D eigenvalue weighted by atomic mass is 10.1. The number of nitrogens with zero attached hydrogens (tertiary/aromatic N) is 9. The molecule has 0 radical (unpaired) electrons. The Labute approximate surface area is 422 Å². The van der Waals surface area contributed by atoms with Crippen molar-refractivity contribution in [2.75, 3.05) is 96.8 Å². The van der Waals surface area contributed by atoms with Crippen molar-refractivity contribution in [1.29, 1.82) is 0 Å². The quantitative estimate of drug-likeness (QED) is 0.189. The largest absolute Gasteiger partial charge is 0.392 e. The second kappa shape index (κ2) is 21.6. The van der Waals surface area contributed by atoms with Gasteiger partial charge in [0, 0.05) is 136 Å². The van der Waals surface area contributed by atoms with Crippen LogP contribution in [0.4, 0.5) is 49.4 Å². The molecule has 4 fully saturated rings. The number of aliphatic hydroxyl groups excluding tert-OH is 1. The number of amides is 2.